The zero-order valence-corrected chi connectivity index (χ0v) is 11.9. The summed E-state index contributed by atoms with van der Waals surface area (Å²) in [5.74, 6) is -0.0942. The van der Waals surface area contributed by atoms with Gasteiger partial charge in [0.05, 0.1) is 0 Å². The molecule has 0 radical (unpaired) electrons. The van der Waals surface area contributed by atoms with E-state index in [1.807, 2.05) is 12.1 Å². The molecule has 1 heterocycles. The number of nitrogens with zero attached hydrogens (tertiary/aromatic N) is 1. The molecular weight excluding hydrogens is 239 g/mol. The Morgan fingerprint density at radius 1 is 1.32 bits per heavy atom. The van der Waals surface area contributed by atoms with Crippen molar-refractivity contribution in [3.05, 3.63) is 35.6 Å². The Hall–Kier alpha value is -0.930. The molecule has 1 saturated heterocycles. The molecule has 1 aromatic rings. The second-order valence-electron chi connectivity index (χ2n) is 5.62. The summed E-state index contributed by atoms with van der Waals surface area (Å²) in [5.41, 5.74) is 0.792. The lowest BCUT2D eigenvalue weighted by Crippen LogP contribution is -2.34. The van der Waals surface area contributed by atoms with Crippen LogP contribution in [0.3, 0.4) is 0 Å². The fraction of sp³-hybridized carbons (Fsp3) is 0.625. The van der Waals surface area contributed by atoms with Crippen LogP contribution in [0.15, 0.2) is 24.3 Å². The summed E-state index contributed by atoms with van der Waals surface area (Å²) in [4.78, 5) is 2.21. The van der Waals surface area contributed by atoms with Crippen molar-refractivity contribution in [2.75, 3.05) is 20.1 Å². The van der Waals surface area contributed by atoms with Gasteiger partial charge in [-0.15, -0.1) is 0 Å². The first-order chi connectivity index (χ1) is 9.25. The van der Waals surface area contributed by atoms with E-state index in [9.17, 15) is 4.39 Å². The highest BCUT2D eigenvalue weighted by atomic mass is 19.1. The predicted molar refractivity (Wildman–Crippen MR) is 77.6 cm³/mol. The Labute approximate surface area is 116 Å². The molecule has 0 spiro atoms. The molecule has 2 rings (SSSR count). The minimum absolute atomic E-state index is 0.0942. The SMILES string of the molecule is CN(CCCC1CCCCN1)Cc1ccccc1F. The molecule has 0 bridgehead atoms. The van der Waals surface area contributed by atoms with Crippen LogP contribution in [-0.4, -0.2) is 31.1 Å². The van der Waals surface area contributed by atoms with Crippen LogP contribution in [0, 0.1) is 5.82 Å². The van der Waals surface area contributed by atoms with E-state index >= 15 is 0 Å². The van der Waals surface area contributed by atoms with E-state index in [4.69, 9.17) is 0 Å². The molecule has 1 atom stereocenters. The average Bonchev–Trinajstić information content (AvgIpc) is 2.43. The zero-order valence-electron chi connectivity index (χ0n) is 11.9. The van der Waals surface area contributed by atoms with E-state index in [1.54, 1.807) is 6.07 Å². The zero-order chi connectivity index (χ0) is 13.5. The Morgan fingerprint density at radius 2 is 2.16 bits per heavy atom. The van der Waals surface area contributed by atoms with Gasteiger partial charge < -0.3 is 10.2 Å². The van der Waals surface area contributed by atoms with E-state index in [-0.39, 0.29) is 5.82 Å². The Bertz CT molecular complexity index is 375. The topological polar surface area (TPSA) is 15.3 Å². The minimum Gasteiger partial charge on any atom is -0.314 e. The van der Waals surface area contributed by atoms with E-state index in [0.717, 1.165) is 12.1 Å². The van der Waals surface area contributed by atoms with Crippen LogP contribution >= 0.6 is 0 Å². The number of rotatable bonds is 6. The summed E-state index contributed by atoms with van der Waals surface area (Å²) >= 11 is 0. The lowest BCUT2D eigenvalue weighted by molar-refractivity contribution is 0.294. The van der Waals surface area contributed by atoms with Gasteiger partial charge in [0, 0.05) is 18.2 Å². The van der Waals surface area contributed by atoms with Gasteiger partial charge in [-0.05, 0) is 51.9 Å². The summed E-state index contributed by atoms with van der Waals surface area (Å²) in [6.45, 7) is 2.91. The van der Waals surface area contributed by atoms with Crippen LogP contribution in [0.25, 0.3) is 0 Å². The van der Waals surface area contributed by atoms with Crippen molar-refractivity contribution in [1.82, 2.24) is 10.2 Å². The van der Waals surface area contributed by atoms with Crippen LogP contribution in [0.1, 0.15) is 37.7 Å². The molecule has 19 heavy (non-hydrogen) atoms. The molecule has 1 aromatic carbocycles. The summed E-state index contributed by atoms with van der Waals surface area (Å²) in [5, 5.41) is 3.57. The summed E-state index contributed by atoms with van der Waals surface area (Å²) in [7, 11) is 2.07. The average molecular weight is 264 g/mol. The summed E-state index contributed by atoms with van der Waals surface area (Å²) in [6.07, 6.45) is 6.42. The highest BCUT2D eigenvalue weighted by Gasteiger charge is 2.12. The molecule has 0 amide bonds. The molecule has 1 unspecified atom stereocenters. The van der Waals surface area contributed by atoms with Gasteiger partial charge in [0.2, 0.25) is 0 Å². The van der Waals surface area contributed by atoms with Crippen LogP contribution in [-0.2, 0) is 6.54 Å². The molecule has 1 N–H and O–H groups in total. The van der Waals surface area contributed by atoms with Crippen molar-refractivity contribution < 1.29 is 4.39 Å². The van der Waals surface area contributed by atoms with Crippen LogP contribution in [0.4, 0.5) is 4.39 Å². The third-order valence-corrected chi connectivity index (χ3v) is 3.90. The maximum atomic E-state index is 13.5. The van der Waals surface area contributed by atoms with E-state index in [2.05, 4.69) is 17.3 Å². The molecular formula is C16H25FN2. The summed E-state index contributed by atoms with van der Waals surface area (Å²) < 4.78 is 13.5. The Kier molecular flexibility index (Phi) is 5.80. The molecule has 3 heteroatoms. The molecule has 1 aliphatic heterocycles. The maximum Gasteiger partial charge on any atom is 0.127 e. The van der Waals surface area contributed by atoms with E-state index in [0.29, 0.717) is 12.6 Å². The first-order valence-corrected chi connectivity index (χ1v) is 7.41. The number of nitrogens with one attached hydrogen (secondary N) is 1. The second-order valence-corrected chi connectivity index (χ2v) is 5.62. The van der Waals surface area contributed by atoms with Crippen LogP contribution < -0.4 is 5.32 Å². The lowest BCUT2D eigenvalue weighted by Gasteiger charge is -2.24. The molecule has 0 aromatic heterocycles. The standard InChI is InChI=1S/C16H25FN2/c1-19(13-14-7-2-3-10-16(14)17)12-6-9-15-8-4-5-11-18-15/h2-3,7,10,15,18H,4-6,8-9,11-13H2,1H3. The molecule has 0 saturated carbocycles. The fourth-order valence-electron chi connectivity index (χ4n) is 2.77. The normalized spacial score (nSPS) is 19.8. The Balaban J connectivity index is 1.67. The molecule has 1 fully saturated rings. The quantitative estimate of drug-likeness (QED) is 0.849. The summed E-state index contributed by atoms with van der Waals surface area (Å²) in [6, 6.07) is 7.76. The lowest BCUT2D eigenvalue weighted by atomic mass is 10.0. The first-order valence-electron chi connectivity index (χ1n) is 7.41. The van der Waals surface area contributed by atoms with Gasteiger partial charge in [-0.3, -0.25) is 0 Å². The third-order valence-electron chi connectivity index (χ3n) is 3.90. The molecule has 2 nitrogen and oxygen atoms in total. The Morgan fingerprint density at radius 3 is 2.89 bits per heavy atom. The van der Waals surface area contributed by atoms with Gasteiger partial charge in [0.1, 0.15) is 5.82 Å². The fourth-order valence-corrected chi connectivity index (χ4v) is 2.77. The first kappa shape index (κ1) is 14.5. The predicted octanol–water partition coefficient (Wildman–Crippen LogP) is 3.18. The molecule has 0 aliphatic carbocycles. The van der Waals surface area contributed by atoms with Crippen molar-refractivity contribution in [3.8, 4) is 0 Å². The van der Waals surface area contributed by atoms with Crippen molar-refractivity contribution in [2.24, 2.45) is 0 Å². The van der Waals surface area contributed by atoms with Crippen LogP contribution in [0.5, 0.6) is 0 Å². The van der Waals surface area contributed by atoms with Crippen molar-refractivity contribution in [1.29, 1.82) is 0 Å². The number of piperidine rings is 1. The van der Waals surface area contributed by atoms with Gasteiger partial charge in [-0.25, -0.2) is 4.39 Å². The monoisotopic (exact) mass is 264 g/mol. The second kappa shape index (κ2) is 7.61. The number of hydrogen-bond donors (Lipinski definition) is 1. The largest absolute Gasteiger partial charge is 0.314 e. The van der Waals surface area contributed by atoms with Gasteiger partial charge in [0.15, 0.2) is 0 Å². The number of hydrogen-bond acceptors (Lipinski definition) is 2. The maximum absolute atomic E-state index is 13.5. The smallest absolute Gasteiger partial charge is 0.127 e. The van der Waals surface area contributed by atoms with Crippen molar-refractivity contribution >= 4 is 0 Å². The van der Waals surface area contributed by atoms with E-state index < -0.39 is 0 Å². The van der Waals surface area contributed by atoms with Crippen molar-refractivity contribution in [2.45, 2.75) is 44.7 Å². The van der Waals surface area contributed by atoms with E-state index in [1.165, 1.54) is 44.7 Å². The molecule has 106 valence electrons. The van der Waals surface area contributed by atoms with Crippen LogP contribution in [0.2, 0.25) is 0 Å². The highest BCUT2D eigenvalue weighted by molar-refractivity contribution is 5.16. The minimum atomic E-state index is -0.0942. The van der Waals surface area contributed by atoms with Gasteiger partial charge >= 0.3 is 0 Å². The molecule has 1 aliphatic rings. The highest BCUT2D eigenvalue weighted by Crippen LogP contribution is 2.13. The van der Waals surface area contributed by atoms with Gasteiger partial charge in [0.25, 0.3) is 0 Å². The number of benzene rings is 1. The van der Waals surface area contributed by atoms with Gasteiger partial charge in [-0.2, -0.15) is 0 Å². The van der Waals surface area contributed by atoms with Gasteiger partial charge in [-0.1, -0.05) is 24.6 Å². The third kappa shape index (κ3) is 4.92. The van der Waals surface area contributed by atoms with Crippen molar-refractivity contribution in [3.63, 3.8) is 0 Å². The number of halogens is 1.